The zero-order chi connectivity index (χ0) is 4.28. The maximum absolute atomic E-state index is 8.11. The molecule has 8 heavy (non-hydrogen) atoms. The Bertz CT molecular complexity index is 29.2. The fraction of sp³-hybridized carbons (Fsp3) is 1.00. The number of aliphatic hydroxyl groups is 2. The van der Waals surface area contributed by atoms with Crippen LogP contribution in [0.5, 0.6) is 0 Å². The number of aliphatic hydroxyl groups excluding tert-OH is 2. The van der Waals surface area contributed by atoms with Crippen molar-refractivity contribution in [3.8, 4) is 0 Å². The molecule has 0 aliphatic rings. The largest absolute Gasteiger partial charge is 2.00 e. The van der Waals surface area contributed by atoms with E-state index in [0.29, 0.717) is 0 Å². The van der Waals surface area contributed by atoms with Gasteiger partial charge in [-0.05, 0) is 6.92 Å². The van der Waals surface area contributed by atoms with Crippen molar-refractivity contribution in [2.45, 2.75) is 13.0 Å². The second-order valence-corrected chi connectivity index (χ2v) is 1.03. The Morgan fingerprint density at radius 3 is 1.50 bits per heavy atom. The minimum atomic E-state index is -0.560. The predicted molar refractivity (Wildman–Crippen MR) is 24.5 cm³/mol. The third-order valence-electron chi connectivity index (χ3n) is 0.264. The smallest absolute Gasteiger partial charge is 1.00 e. The zero-order valence-corrected chi connectivity index (χ0v) is 7.57. The van der Waals surface area contributed by atoms with Gasteiger partial charge in [-0.2, -0.15) is 0 Å². The van der Waals surface area contributed by atoms with Crippen LogP contribution in [0.4, 0.5) is 0 Å². The predicted octanol–water partition coefficient (Wildman–Crippen LogP) is -7.01. The van der Waals surface area contributed by atoms with Gasteiger partial charge in [-0.15, -0.1) is 0 Å². The zero-order valence-electron chi connectivity index (χ0n) is 4.64. The van der Waals surface area contributed by atoms with Gasteiger partial charge in [0, 0.05) is 0 Å². The molecule has 0 saturated carbocycles. The van der Waals surface area contributed by atoms with E-state index in [9.17, 15) is 0 Å². The van der Waals surface area contributed by atoms with Crippen LogP contribution in [-0.2, 0) is 0 Å². The summed E-state index contributed by atoms with van der Waals surface area (Å²) in [5.41, 5.74) is 0. The van der Waals surface area contributed by atoms with Gasteiger partial charge in [0.15, 0.2) is 0 Å². The molecule has 0 amide bonds. The maximum atomic E-state index is 8.11. The Labute approximate surface area is 77.6 Å². The maximum Gasteiger partial charge on any atom is 2.00 e. The monoisotopic (exact) mass is 170 g/mol. The van der Waals surface area contributed by atoms with Gasteiger partial charge in [0.25, 0.3) is 0 Å². The van der Waals surface area contributed by atoms with E-state index in [1.165, 1.54) is 6.92 Å². The van der Waals surface area contributed by atoms with Gasteiger partial charge in [-0.25, -0.2) is 0 Å². The molecule has 0 aromatic carbocycles. The van der Waals surface area contributed by atoms with Crippen molar-refractivity contribution in [3.05, 3.63) is 0 Å². The molecule has 0 spiro atoms. The van der Waals surface area contributed by atoms with E-state index in [-0.39, 0.29) is 54.5 Å². The van der Waals surface area contributed by atoms with E-state index in [0.717, 1.165) is 0 Å². The minimum Gasteiger partial charge on any atom is -1.00 e. The van der Waals surface area contributed by atoms with Crippen molar-refractivity contribution in [1.82, 2.24) is 0 Å². The Kier molecular flexibility index (Phi) is 44.9. The fourth-order valence-electron chi connectivity index (χ4n) is 0. The molecule has 0 aromatic rings. The summed E-state index contributed by atoms with van der Waals surface area (Å²) in [4.78, 5) is 0. The number of rotatable bonds is 1. The van der Waals surface area contributed by atoms with Gasteiger partial charge < -0.3 is 35.0 Å². The van der Waals surface area contributed by atoms with Crippen molar-refractivity contribution in [2.24, 2.45) is 0 Å². The quantitative estimate of drug-likeness (QED) is 0.385. The van der Waals surface area contributed by atoms with Crippen LogP contribution in [0.15, 0.2) is 0 Å². The van der Waals surface area contributed by atoms with Gasteiger partial charge >= 0.3 is 23.1 Å². The van der Waals surface area contributed by atoms with Crippen LogP contribution in [0, 0.1) is 0 Å². The van der Waals surface area contributed by atoms with Crippen molar-refractivity contribution >= 4 is 23.1 Å². The molecule has 1 unspecified atom stereocenters. The van der Waals surface area contributed by atoms with E-state index in [1.807, 2.05) is 0 Å². The Morgan fingerprint density at radius 1 is 1.38 bits per heavy atom. The van der Waals surface area contributed by atoms with Gasteiger partial charge in [-0.1, -0.05) is 0 Å². The summed E-state index contributed by atoms with van der Waals surface area (Å²) in [6, 6.07) is 0. The summed E-state index contributed by atoms with van der Waals surface area (Å²) in [7, 11) is 0. The second kappa shape index (κ2) is 15.7. The van der Waals surface area contributed by atoms with Crippen molar-refractivity contribution in [2.75, 3.05) is 6.61 Å². The summed E-state index contributed by atoms with van der Waals surface area (Å²) < 4.78 is 0. The molecular formula is C3H8Cl2MgO2. The van der Waals surface area contributed by atoms with Gasteiger partial charge in [0.1, 0.15) is 0 Å². The van der Waals surface area contributed by atoms with Crippen LogP contribution in [0.25, 0.3) is 0 Å². The molecule has 0 aliphatic heterocycles. The minimum absolute atomic E-state index is 0. The van der Waals surface area contributed by atoms with E-state index >= 15 is 0 Å². The van der Waals surface area contributed by atoms with Crippen LogP contribution in [-0.4, -0.2) is 46.0 Å². The summed E-state index contributed by atoms with van der Waals surface area (Å²) in [6.07, 6.45) is -0.560. The standard InChI is InChI=1S/C3H8O2.2ClH.Mg/c1-3(5)2-4;;;/h3-5H,2H2,1H3;2*1H;/q;;;+2/p-2. The number of hydrogen-bond acceptors (Lipinski definition) is 2. The molecule has 2 N–H and O–H groups in total. The molecule has 0 rings (SSSR count). The number of hydrogen-bond donors (Lipinski definition) is 2. The molecule has 0 radical (unpaired) electrons. The molecule has 0 aromatic heterocycles. The molecule has 5 heteroatoms. The summed E-state index contributed by atoms with van der Waals surface area (Å²) in [5, 5.41) is 16.0. The Hall–Kier alpha value is 1.27. The van der Waals surface area contributed by atoms with E-state index < -0.39 is 6.10 Å². The average Bonchev–Trinajstić information content (AvgIpc) is 1.38. The van der Waals surface area contributed by atoms with E-state index in [1.54, 1.807) is 0 Å². The second-order valence-electron chi connectivity index (χ2n) is 1.03. The summed E-state index contributed by atoms with van der Waals surface area (Å²) >= 11 is 0. The molecule has 2 nitrogen and oxygen atoms in total. The van der Waals surface area contributed by atoms with Crippen LogP contribution in [0.1, 0.15) is 6.92 Å². The SMILES string of the molecule is CC(O)CO.[Cl-].[Cl-].[Mg+2]. The van der Waals surface area contributed by atoms with E-state index in [2.05, 4.69) is 0 Å². The Morgan fingerprint density at radius 2 is 1.50 bits per heavy atom. The first-order chi connectivity index (χ1) is 2.27. The van der Waals surface area contributed by atoms with Crippen molar-refractivity contribution in [1.29, 1.82) is 0 Å². The first kappa shape index (κ1) is 22.8. The molecule has 0 heterocycles. The first-order valence-electron chi connectivity index (χ1n) is 1.56. The van der Waals surface area contributed by atoms with Crippen LogP contribution < -0.4 is 24.8 Å². The van der Waals surface area contributed by atoms with Crippen LogP contribution >= 0.6 is 0 Å². The van der Waals surface area contributed by atoms with Gasteiger partial charge in [0.05, 0.1) is 12.7 Å². The summed E-state index contributed by atoms with van der Waals surface area (Å²) in [6.45, 7) is 1.39. The molecule has 0 saturated heterocycles. The van der Waals surface area contributed by atoms with Gasteiger partial charge in [-0.3, -0.25) is 0 Å². The third kappa shape index (κ3) is 26.7. The molecule has 0 aliphatic carbocycles. The van der Waals surface area contributed by atoms with Crippen LogP contribution in [0.3, 0.4) is 0 Å². The fourth-order valence-corrected chi connectivity index (χ4v) is 0. The number of halogens is 2. The molecule has 1 atom stereocenters. The summed E-state index contributed by atoms with van der Waals surface area (Å²) in [5.74, 6) is 0. The Balaban J connectivity index is -0.0000000267. The van der Waals surface area contributed by atoms with Gasteiger partial charge in [0.2, 0.25) is 0 Å². The topological polar surface area (TPSA) is 40.5 Å². The molecule has 0 fully saturated rings. The molecule has 0 bridgehead atoms. The van der Waals surface area contributed by atoms with Crippen molar-refractivity contribution in [3.63, 3.8) is 0 Å². The third-order valence-corrected chi connectivity index (χ3v) is 0.264. The molecule has 48 valence electrons. The van der Waals surface area contributed by atoms with E-state index in [4.69, 9.17) is 10.2 Å². The normalized spacial score (nSPS) is 9.38. The average molecular weight is 171 g/mol. The van der Waals surface area contributed by atoms with Crippen LogP contribution in [0.2, 0.25) is 0 Å². The van der Waals surface area contributed by atoms with Crippen molar-refractivity contribution < 1.29 is 35.0 Å². The molecular weight excluding hydrogens is 163 g/mol. The first-order valence-corrected chi connectivity index (χ1v) is 1.56.